The van der Waals surface area contributed by atoms with E-state index in [1.807, 2.05) is 36.5 Å². The first-order chi connectivity index (χ1) is 13.7. The van der Waals surface area contributed by atoms with Gasteiger partial charge in [0, 0.05) is 17.4 Å². The number of nitrogens with one attached hydrogen (secondary N) is 2. The van der Waals surface area contributed by atoms with E-state index in [1.165, 1.54) is 18.1 Å². The zero-order valence-electron chi connectivity index (χ0n) is 14.7. The first kappa shape index (κ1) is 17.8. The standard InChI is InChI=1S/C21H15N5OS/c22-10-14-5-4-8-16(9-14)26-18(27)12-28-21-20-19(24-13-25-21)17(11-23-20)15-6-2-1-3-7-15/h1-9,11,13,23H,12H2,(H,26,27). The van der Waals surface area contributed by atoms with Crippen molar-refractivity contribution in [2.45, 2.75) is 5.03 Å². The number of carbonyl (C=O) groups excluding carboxylic acids is 1. The number of amides is 1. The van der Waals surface area contributed by atoms with E-state index < -0.39 is 0 Å². The third-order valence-corrected chi connectivity index (χ3v) is 5.12. The van der Waals surface area contributed by atoms with E-state index in [2.05, 4.69) is 26.3 Å². The van der Waals surface area contributed by atoms with Crippen LogP contribution in [0.4, 0.5) is 5.69 Å². The second-order valence-corrected chi connectivity index (χ2v) is 6.96. The van der Waals surface area contributed by atoms with Crippen molar-refractivity contribution in [1.82, 2.24) is 15.0 Å². The number of H-pyrrole nitrogens is 1. The summed E-state index contributed by atoms with van der Waals surface area (Å²) in [5.41, 5.74) is 4.80. The van der Waals surface area contributed by atoms with E-state index in [0.29, 0.717) is 16.3 Å². The summed E-state index contributed by atoms with van der Waals surface area (Å²) in [4.78, 5) is 24.2. The number of hydrogen-bond acceptors (Lipinski definition) is 5. The molecule has 0 bridgehead atoms. The Kier molecular flexibility index (Phi) is 5.04. The molecule has 0 fully saturated rings. The van der Waals surface area contributed by atoms with Crippen LogP contribution in [0.15, 0.2) is 72.1 Å². The van der Waals surface area contributed by atoms with Gasteiger partial charge in [0.25, 0.3) is 0 Å². The van der Waals surface area contributed by atoms with Crippen LogP contribution in [-0.4, -0.2) is 26.6 Å². The number of carbonyl (C=O) groups is 1. The van der Waals surface area contributed by atoms with Gasteiger partial charge in [-0.3, -0.25) is 4.79 Å². The molecule has 0 saturated heterocycles. The molecule has 0 unspecified atom stereocenters. The molecule has 1 amide bonds. The lowest BCUT2D eigenvalue weighted by Crippen LogP contribution is -2.14. The summed E-state index contributed by atoms with van der Waals surface area (Å²) >= 11 is 1.34. The van der Waals surface area contributed by atoms with Crippen LogP contribution < -0.4 is 5.32 Å². The van der Waals surface area contributed by atoms with E-state index in [1.54, 1.807) is 24.3 Å². The lowest BCUT2D eigenvalue weighted by atomic mass is 10.1. The number of fused-ring (bicyclic) bond motifs is 1. The summed E-state index contributed by atoms with van der Waals surface area (Å²) in [5, 5.41) is 12.5. The van der Waals surface area contributed by atoms with Crippen LogP contribution >= 0.6 is 11.8 Å². The molecule has 0 atom stereocenters. The minimum atomic E-state index is -0.165. The third-order valence-electron chi connectivity index (χ3n) is 4.13. The fourth-order valence-corrected chi connectivity index (χ4v) is 3.62. The van der Waals surface area contributed by atoms with E-state index in [0.717, 1.165) is 22.2 Å². The Morgan fingerprint density at radius 1 is 1.14 bits per heavy atom. The molecule has 7 heteroatoms. The number of anilines is 1. The lowest BCUT2D eigenvalue weighted by molar-refractivity contribution is -0.113. The summed E-state index contributed by atoms with van der Waals surface area (Å²) in [6.45, 7) is 0. The molecule has 4 rings (SSSR count). The first-order valence-corrected chi connectivity index (χ1v) is 9.53. The molecule has 0 spiro atoms. The van der Waals surface area contributed by atoms with Gasteiger partial charge in [-0.2, -0.15) is 5.26 Å². The number of benzene rings is 2. The van der Waals surface area contributed by atoms with Crippen molar-refractivity contribution in [3.8, 4) is 17.2 Å². The van der Waals surface area contributed by atoms with Crippen molar-refractivity contribution in [2.75, 3.05) is 11.1 Å². The highest BCUT2D eigenvalue weighted by molar-refractivity contribution is 8.00. The summed E-state index contributed by atoms with van der Waals surface area (Å²) in [6, 6.07) is 18.9. The predicted octanol–water partition coefficient (Wildman–Crippen LogP) is 4.23. The van der Waals surface area contributed by atoms with Gasteiger partial charge in [0.1, 0.15) is 16.9 Å². The molecule has 136 valence electrons. The highest BCUT2D eigenvalue weighted by Crippen LogP contribution is 2.31. The maximum Gasteiger partial charge on any atom is 0.234 e. The Bertz CT molecular complexity index is 1180. The number of nitriles is 1. The van der Waals surface area contributed by atoms with E-state index in [4.69, 9.17) is 5.26 Å². The van der Waals surface area contributed by atoms with Gasteiger partial charge in [-0.05, 0) is 23.8 Å². The molecule has 0 radical (unpaired) electrons. The molecular weight excluding hydrogens is 370 g/mol. The van der Waals surface area contributed by atoms with E-state index in [-0.39, 0.29) is 11.7 Å². The number of thioether (sulfide) groups is 1. The lowest BCUT2D eigenvalue weighted by Gasteiger charge is -2.06. The summed E-state index contributed by atoms with van der Waals surface area (Å²) in [5.74, 6) is 0.0319. The molecule has 28 heavy (non-hydrogen) atoms. The number of aromatic nitrogens is 3. The second kappa shape index (κ2) is 7.94. The molecule has 2 aromatic carbocycles. The Balaban J connectivity index is 1.50. The van der Waals surface area contributed by atoms with Crippen molar-refractivity contribution in [2.24, 2.45) is 0 Å². The number of aromatic amines is 1. The summed E-state index contributed by atoms with van der Waals surface area (Å²) in [7, 11) is 0. The maximum absolute atomic E-state index is 12.3. The quantitative estimate of drug-likeness (QED) is 0.396. The molecule has 2 heterocycles. The van der Waals surface area contributed by atoms with Crippen molar-refractivity contribution in [1.29, 1.82) is 5.26 Å². The topological polar surface area (TPSA) is 94.5 Å². The summed E-state index contributed by atoms with van der Waals surface area (Å²) in [6.07, 6.45) is 3.42. The van der Waals surface area contributed by atoms with Crippen molar-refractivity contribution < 1.29 is 4.79 Å². The fourth-order valence-electron chi connectivity index (χ4n) is 2.86. The highest BCUT2D eigenvalue weighted by Gasteiger charge is 2.13. The molecule has 2 N–H and O–H groups in total. The van der Waals surface area contributed by atoms with Crippen LogP contribution in [0, 0.1) is 11.3 Å². The van der Waals surface area contributed by atoms with Gasteiger partial charge in [0.2, 0.25) is 5.91 Å². The summed E-state index contributed by atoms with van der Waals surface area (Å²) < 4.78 is 0. The Hall–Kier alpha value is -3.63. The fraction of sp³-hybridized carbons (Fsp3) is 0.0476. The minimum Gasteiger partial charge on any atom is -0.357 e. The molecule has 0 aliphatic rings. The Morgan fingerprint density at radius 3 is 2.82 bits per heavy atom. The van der Waals surface area contributed by atoms with Crippen LogP contribution in [-0.2, 0) is 4.79 Å². The van der Waals surface area contributed by atoms with Crippen molar-refractivity contribution in [3.05, 3.63) is 72.7 Å². The van der Waals surface area contributed by atoms with Gasteiger partial charge < -0.3 is 10.3 Å². The van der Waals surface area contributed by atoms with Crippen LogP contribution in [0.1, 0.15) is 5.56 Å². The van der Waals surface area contributed by atoms with Gasteiger partial charge in [0.05, 0.1) is 22.9 Å². The SMILES string of the molecule is N#Cc1cccc(NC(=O)CSc2ncnc3c(-c4ccccc4)c[nH]c23)c1. The maximum atomic E-state index is 12.3. The molecule has 2 aromatic heterocycles. The zero-order chi connectivity index (χ0) is 19.3. The first-order valence-electron chi connectivity index (χ1n) is 8.55. The van der Waals surface area contributed by atoms with Gasteiger partial charge in [-0.25, -0.2) is 9.97 Å². The predicted molar refractivity (Wildman–Crippen MR) is 110 cm³/mol. The van der Waals surface area contributed by atoms with E-state index in [9.17, 15) is 4.79 Å². The van der Waals surface area contributed by atoms with Crippen LogP contribution in [0.3, 0.4) is 0 Å². The second-order valence-electron chi connectivity index (χ2n) is 6.00. The van der Waals surface area contributed by atoms with Crippen molar-refractivity contribution in [3.63, 3.8) is 0 Å². The van der Waals surface area contributed by atoms with E-state index >= 15 is 0 Å². The average Bonchev–Trinajstić information content (AvgIpc) is 3.18. The van der Waals surface area contributed by atoms with Crippen LogP contribution in [0.5, 0.6) is 0 Å². The van der Waals surface area contributed by atoms with Gasteiger partial charge >= 0.3 is 0 Å². The van der Waals surface area contributed by atoms with Crippen LogP contribution in [0.25, 0.3) is 22.2 Å². The van der Waals surface area contributed by atoms with Gasteiger partial charge in [-0.1, -0.05) is 48.2 Å². The number of rotatable bonds is 5. The molecule has 0 saturated carbocycles. The monoisotopic (exact) mass is 385 g/mol. The molecule has 4 aromatic rings. The zero-order valence-corrected chi connectivity index (χ0v) is 15.5. The van der Waals surface area contributed by atoms with Gasteiger partial charge in [0.15, 0.2) is 0 Å². The average molecular weight is 385 g/mol. The van der Waals surface area contributed by atoms with Gasteiger partial charge in [-0.15, -0.1) is 0 Å². The molecule has 6 nitrogen and oxygen atoms in total. The van der Waals surface area contributed by atoms with Crippen LogP contribution in [0.2, 0.25) is 0 Å². The Morgan fingerprint density at radius 2 is 2.00 bits per heavy atom. The number of hydrogen-bond donors (Lipinski definition) is 2. The number of nitrogens with zero attached hydrogens (tertiary/aromatic N) is 3. The Labute approximate surface area is 165 Å². The largest absolute Gasteiger partial charge is 0.357 e. The normalized spacial score (nSPS) is 10.5. The highest BCUT2D eigenvalue weighted by atomic mass is 32.2. The molecule has 0 aliphatic carbocycles. The minimum absolute atomic E-state index is 0.165. The molecule has 0 aliphatic heterocycles. The third kappa shape index (κ3) is 3.72. The molecular formula is C21H15N5OS. The smallest absolute Gasteiger partial charge is 0.234 e. The van der Waals surface area contributed by atoms with Crippen molar-refractivity contribution >= 4 is 34.4 Å².